The molecule has 4 aromatic rings. The van der Waals surface area contributed by atoms with Crippen molar-refractivity contribution in [3.05, 3.63) is 93.9 Å². The van der Waals surface area contributed by atoms with Gasteiger partial charge in [-0.15, -0.1) is 9.78 Å². The second kappa shape index (κ2) is 13.5. The van der Waals surface area contributed by atoms with Crippen LogP contribution < -0.4 is 20.9 Å². The zero-order valence-electron chi connectivity index (χ0n) is 21.3. The number of nitrogens with two attached hydrogens (primary N) is 1. The molecule has 0 aliphatic carbocycles. The number of carbonyl (C=O) groups is 1. The van der Waals surface area contributed by atoms with Crippen LogP contribution >= 0.6 is 0 Å². The van der Waals surface area contributed by atoms with Crippen molar-refractivity contribution in [1.29, 1.82) is 5.41 Å². The highest BCUT2D eigenvalue weighted by Gasteiger charge is 2.23. The molecule has 1 unspecified atom stereocenters. The molecule has 2 aromatic carbocycles. The van der Waals surface area contributed by atoms with E-state index in [0.29, 0.717) is 29.3 Å². The standard InChI is InChI=1S/C24H24FN7O3.C2H4O2/c1-34-20-14-17(7-8-19(20)35-12-9-25)18(13-15-3-5-16(6-4-15)21(26)27)22-30-24(33)32(31-22)23-28-10-2-11-29-23;1-2(3)4/h2-8,10-11,14,18H,9,12-13H2,1H3,(H3,26,27)(H,30,31,33);1H3,(H,3,4). The molecule has 2 aromatic heterocycles. The Morgan fingerprint density at radius 1 is 1.18 bits per heavy atom. The van der Waals surface area contributed by atoms with Crippen LogP contribution in [0.2, 0.25) is 0 Å². The highest BCUT2D eigenvalue weighted by Crippen LogP contribution is 2.34. The van der Waals surface area contributed by atoms with Crippen molar-refractivity contribution in [2.45, 2.75) is 19.3 Å². The first-order valence-corrected chi connectivity index (χ1v) is 11.7. The Kier molecular flexibility index (Phi) is 9.84. The molecule has 1 atom stereocenters. The first-order chi connectivity index (χ1) is 18.7. The van der Waals surface area contributed by atoms with E-state index in [9.17, 15) is 9.18 Å². The first kappa shape index (κ1) is 28.5. The number of carboxylic acid groups (broad SMARTS) is 1. The van der Waals surface area contributed by atoms with Crippen LogP contribution in [0.1, 0.15) is 35.4 Å². The Balaban J connectivity index is 0.000000983. The summed E-state index contributed by atoms with van der Waals surface area (Å²) < 4.78 is 24.6. The van der Waals surface area contributed by atoms with Gasteiger partial charge in [0.05, 0.1) is 7.11 Å². The van der Waals surface area contributed by atoms with Crippen LogP contribution in [-0.4, -0.2) is 62.0 Å². The average Bonchev–Trinajstić information content (AvgIpc) is 3.32. The Labute approximate surface area is 222 Å². The van der Waals surface area contributed by atoms with Crippen LogP contribution in [0, 0.1) is 5.41 Å². The Hall–Kier alpha value is -5.07. The number of nitrogen functional groups attached to an aromatic ring is 1. The summed E-state index contributed by atoms with van der Waals surface area (Å²) >= 11 is 0. The van der Waals surface area contributed by atoms with Crippen LogP contribution in [0.25, 0.3) is 5.95 Å². The van der Waals surface area contributed by atoms with Gasteiger partial charge in [0.25, 0.3) is 11.9 Å². The predicted octanol–water partition coefficient (Wildman–Crippen LogP) is 2.46. The van der Waals surface area contributed by atoms with Gasteiger partial charge in [0, 0.05) is 30.8 Å². The quantitative estimate of drug-likeness (QED) is 0.174. The van der Waals surface area contributed by atoms with Crippen molar-refractivity contribution in [3.63, 3.8) is 0 Å². The monoisotopic (exact) mass is 537 g/mol. The molecule has 4 rings (SSSR count). The first-order valence-electron chi connectivity index (χ1n) is 11.7. The number of aliphatic carboxylic acids is 1. The molecule has 0 saturated heterocycles. The van der Waals surface area contributed by atoms with E-state index in [1.165, 1.54) is 19.5 Å². The summed E-state index contributed by atoms with van der Waals surface area (Å²) in [5, 5.41) is 19.5. The minimum Gasteiger partial charge on any atom is -0.493 e. The molecule has 0 amide bonds. The lowest BCUT2D eigenvalue weighted by atomic mass is 9.90. The van der Waals surface area contributed by atoms with E-state index in [4.69, 9.17) is 30.5 Å². The average molecular weight is 538 g/mol. The number of aromatic nitrogens is 5. The van der Waals surface area contributed by atoms with Gasteiger partial charge in [-0.05, 0) is 35.7 Å². The number of benzene rings is 2. The number of alkyl halides is 1. The third-order valence-electron chi connectivity index (χ3n) is 5.34. The predicted molar refractivity (Wildman–Crippen MR) is 141 cm³/mol. The van der Waals surface area contributed by atoms with Crippen molar-refractivity contribution in [3.8, 4) is 17.4 Å². The number of rotatable bonds is 10. The molecule has 5 N–H and O–H groups in total. The van der Waals surface area contributed by atoms with Crippen LogP contribution in [0.5, 0.6) is 11.5 Å². The molecule has 13 heteroatoms. The lowest BCUT2D eigenvalue weighted by Gasteiger charge is -2.18. The number of nitrogens with zero attached hydrogens (tertiary/aromatic N) is 4. The highest BCUT2D eigenvalue weighted by molar-refractivity contribution is 5.94. The number of ether oxygens (including phenoxy) is 2. The maximum atomic E-state index is 12.7. The number of methoxy groups -OCH3 is 1. The number of H-pyrrole nitrogens is 1. The Bertz CT molecular complexity index is 1450. The van der Waals surface area contributed by atoms with E-state index in [1.54, 1.807) is 30.3 Å². The van der Waals surface area contributed by atoms with E-state index in [1.807, 2.05) is 18.2 Å². The molecular formula is C26H28FN7O5. The molecule has 0 aliphatic heterocycles. The number of carboxylic acids is 1. The van der Waals surface area contributed by atoms with Gasteiger partial charge < -0.3 is 20.3 Å². The number of amidine groups is 1. The Morgan fingerprint density at radius 2 is 1.85 bits per heavy atom. The van der Waals surface area contributed by atoms with Gasteiger partial charge in [0.1, 0.15) is 24.9 Å². The number of halogens is 1. The molecule has 0 saturated carbocycles. The van der Waals surface area contributed by atoms with Gasteiger partial charge in [-0.2, -0.15) is 0 Å². The minimum absolute atomic E-state index is 0.0207. The maximum Gasteiger partial charge on any atom is 0.350 e. The zero-order chi connectivity index (χ0) is 28.4. The normalized spacial score (nSPS) is 11.2. The highest BCUT2D eigenvalue weighted by atomic mass is 19.1. The van der Waals surface area contributed by atoms with Crippen molar-refractivity contribution >= 4 is 11.8 Å². The molecule has 0 fully saturated rings. The van der Waals surface area contributed by atoms with Gasteiger partial charge in [0.15, 0.2) is 11.5 Å². The number of nitrogens with one attached hydrogen (secondary N) is 2. The van der Waals surface area contributed by atoms with E-state index >= 15 is 0 Å². The van der Waals surface area contributed by atoms with Crippen LogP contribution in [0.3, 0.4) is 0 Å². The molecule has 0 radical (unpaired) electrons. The van der Waals surface area contributed by atoms with Crippen molar-refractivity contribution in [2.24, 2.45) is 5.73 Å². The van der Waals surface area contributed by atoms with Crippen molar-refractivity contribution in [2.75, 3.05) is 20.4 Å². The second-order valence-electron chi connectivity index (χ2n) is 8.11. The molecule has 2 heterocycles. The fourth-order valence-corrected chi connectivity index (χ4v) is 3.63. The fourth-order valence-electron chi connectivity index (χ4n) is 3.63. The van der Waals surface area contributed by atoms with Gasteiger partial charge in [-0.25, -0.2) is 19.2 Å². The number of hydrogen-bond donors (Lipinski definition) is 4. The van der Waals surface area contributed by atoms with Crippen LogP contribution in [0.15, 0.2) is 65.7 Å². The maximum absolute atomic E-state index is 12.7. The summed E-state index contributed by atoms with van der Waals surface area (Å²) in [6, 6.07) is 14.2. The van der Waals surface area contributed by atoms with Crippen molar-refractivity contribution in [1.82, 2.24) is 24.7 Å². The van der Waals surface area contributed by atoms with Crippen molar-refractivity contribution < 1.29 is 23.8 Å². The molecule has 0 bridgehead atoms. The fraction of sp³-hybridized carbons (Fsp3) is 0.231. The van der Waals surface area contributed by atoms with Crippen LogP contribution in [0.4, 0.5) is 4.39 Å². The third kappa shape index (κ3) is 7.71. The zero-order valence-corrected chi connectivity index (χ0v) is 21.3. The number of aromatic amines is 1. The summed E-state index contributed by atoms with van der Waals surface area (Å²) in [6.45, 7) is 0.375. The van der Waals surface area contributed by atoms with E-state index in [0.717, 1.165) is 22.7 Å². The third-order valence-corrected chi connectivity index (χ3v) is 5.34. The van der Waals surface area contributed by atoms with Gasteiger partial charge >= 0.3 is 5.69 Å². The lowest BCUT2D eigenvalue weighted by Crippen LogP contribution is -2.18. The second-order valence-corrected chi connectivity index (χ2v) is 8.11. The molecule has 204 valence electrons. The smallest absolute Gasteiger partial charge is 0.350 e. The summed E-state index contributed by atoms with van der Waals surface area (Å²) in [6.07, 6.45) is 3.52. The van der Waals surface area contributed by atoms with E-state index in [-0.39, 0.29) is 24.3 Å². The summed E-state index contributed by atoms with van der Waals surface area (Å²) in [5.41, 5.74) is 7.43. The molecule has 39 heavy (non-hydrogen) atoms. The van der Waals surface area contributed by atoms with Gasteiger partial charge in [0.2, 0.25) is 0 Å². The molecule has 0 aliphatic rings. The Morgan fingerprint density at radius 3 is 2.44 bits per heavy atom. The van der Waals surface area contributed by atoms with Gasteiger partial charge in [-0.3, -0.25) is 15.2 Å². The minimum atomic E-state index is -0.833. The molecule has 0 spiro atoms. The van der Waals surface area contributed by atoms with Gasteiger partial charge in [-0.1, -0.05) is 30.3 Å². The largest absolute Gasteiger partial charge is 0.493 e. The molecule has 12 nitrogen and oxygen atoms in total. The SMILES string of the molecule is CC(=O)O.COc1cc(C(Cc2ccc(C(=N)N)cc2)c2nn(-c3ncccn3)c(=O)[nH]2)ccc1OCCF. The lowest BCUT2D eigenvalue weighted by molar-refractivity contribution is -0.134. The summed E-state index contributed by atoms with van der Waals surface area (Å²) in [7, 11) is 1.50. The van der Waals surface area contributed by atoms with Crippen LogP contribution in [-0.2, 0) is 11.2 Å². The van der Waals surface area contributed by atoms with E-state index < -0.39 is 18.3 Å². The summed E-state index contributed by atoms with van der Waals surface area (Å²) in [5.74, 6) is 0.151. The topological polar surface area (TPSA) is 182 Å². The summed E-state index contributed by atoms with van der Waals surface area (Å²) in [4.78, 5) is 32.7. The molecular weight excluding hydrogens is 509 g/mol. The number of hydrogen-bond acceptors (Lipinski definition) is 8. The van der Waals surface area contributed by atoms with E-state index in [2.05, 4.69) is 20.1 Å².